The van der Waals surface area contributed by atoms with Gasteiger partial charge in [-0.25, -0.2) is 0 Å². The molecule has 2 aromatic rings. The highest BCUT2D eigenvalue weighted by Gasteiger charge is 2.22. The monoisotopic (exact) mass is 310 g/mol. The number of rotatable bonds is 2. The highest BCUT2D eigenvalue weighted by atomic mass is 16.2. The third kappa shape index (κ3) is 3.21. The van der Waals surface area contributed by atoms with Crippen LogP contribution in [0.2, 0.25) is 0 Å². The molecule has 4 nitrogen and oxygen atoms in total. The fourth-order valence-corrected chi connectivity index (χ4v) is 3.43. The van der Waals surface area contributed by atoms with Crippen LogP contribution in [0, 0.1) is 20.8 Å². The fourth-order valence-electron chi connectivity index (χ4n) is 3.43. The van der Waals surface area contributed by atoms with Crippen molar-refractivity contribution < 1.29 is 4.79 Å². The van der Waals surface area contributed by atoms with Crippen LogP contribution in [0.4, 0.5) is 0 Å². The normalized spacial score (nSPS) is 13.8. The van der Waals surface area contributed by atoms with Crippen LogP contribution in [-0.2, 0) is 24.2 Å². The number of nitrogens with one attached hydrogen (secondary N) is 1. The number of fused-ring (bicyclic) bond motifs is 1. The second kappa shape index (κ2) is 6.03. The zero-order valence-electron chi connectivity index (χ0n) is 13.9. The van der Waals surface area contributed by atoms with Gasteiger partial charge in [-0.1, -0.05) is 17.7 Å². The Hall–Kier alpha value is -2.36. The summed E-state index contributed by atoms with van der Waals surface area (Å²) in [5.74, 6) is 0.150. The second-order valence-corrected chi connectivity index (χ2v) is 6.47. The van der Waals surface area contributed by atoms with Gasteiger partial charge in [0.05, 0.1) is 6.42 Å². The summed E-state index contributed by atoms with van der Waals surface area (Å²) in [4.78, 5) is 28.6. The maximum Gasteiger partial charge on any atom is 0.248 e. The Morgan fingerprint density at radius 3 is 2.52 bits per heavy atom. The molecular weight excluding hydrogens is 288 g/mol. The first-order valence-corrected chi connectivity index (χ1v) is 7.99. The molecule has 1 aliphatic rings. The van der Waals surface area contributed by atoms with Gasteiger partial charge in [0.15, 0.2) is 0 Å². The van der Waals surface area contributed by atoms with Gasteiger partial charge in [0.2, 0.25) is 11.5 Å². The van der Waals surface area contributed by atoms with Crippen molar-refractivity contribution in [3.05, 3.63) is 68.1 Å². The lowest BCUT2D eigenvalue weighted by Crippen LogP contribution is -2.37. The summed E-state index contributed by atoms with van der Waals surface area (Å²) in [6, 6.07) is 5.91. The molecule has 1 aliphatic heterocycles. The summed E-state index contributed by atoms with van der Waals surface area (Å²) in [5.41, 5.74) is 6.74. The molecule has 0 unspecified atom stereocenters. The third-order valence-electron chi connectivity index (χ3n) is 4.64. The predicted octanol–water partition coefficient (Wildman–Crippen LogP) is 2.43. The molecule has 1 aromatic carbocycles. The maximum absolute atomic E-state index is 12.7. The molecule has 0 fully saturated rings. The number of hydrogen-bond donors (Lipinski definition) is 1. The van der Waals surface area contributed by atoms with Gasteiger partial charge in [0, 0.05) is 25.4 Å². The third-order valence-corrected chi connectivity index (χ3v) is 4.64. The first-order valence-electron chi connectivity index (χ1n) is 7.99. The average molecular weight is 310 g/mol. The fraction of sp³-hybridized carbons (Fsp3) is 0.368. The molecule has 120 valence electrons. The minimum absolute atomic E-state index is 0.0746. The predicted molar refractivity (Wildman–Crippen MR) is 90.5 cm³/mol. The highest BCUT2D eigenvalue weighted by Crippen LogP contribution is 2.21. The topological polar surface area (TPSA) is 53.2 Å². The minimum atomic E-state index is -0.0746. The van der Waals surface area contributed by atoms with E-state index in [9.17, 15) is 9.59 Å². The van der Waals surface area contributed by atoms with Crippen molar-refractivity contribution in [1.82, 2.24) is 9.88 Å². The number of aromatic nitrogens is 1. The molecule has 23 heavy (non-hydrogen) atoms. The molecule has 0 radical (unpaired) electrons. The van der Waals surface area contributed by atoms with E-state index in [1.54, 1.807) is 12.3 Å². The van der Waals surface area contributed by atoms with Crippen molar-refractivity contribution >= 4 is 5.91 Å². The Morgan fingerprint density at radius 1 is 1.13 bits per heavy atom. The van der Waals surface area contributed by atoms with Gasteiger partial charge < -0.3 is 9.88 Å². The maximum atomic E-state index is 12.7. The number of pyridine rings is 1. The van der Waals surface area contributed by atoms with Gasteiger partial charge in [-0.15, -0.1) is 0 Å². The highest BCUT2D eigenvalue weighted by molar-refractivity contribution is 5.80. The van der Waals surface area contributed by atoms with Crippen molar-refractivity contribution in [2.24, 2.45) is 0 Å². The molecule has 1 amide bonds. The van der Waals surface area contributed by atoms with Crippen LogP contribution in [0.15, 0.2) is 29.2 Å². The Labute approximate surface area is 136 Å². The smallest absolute Gasteiger partial charge is 0.248 e. The van der Waals surface area contributed by atoms with Crippen molar-refractivity contribution in [3.8, 4) is 0 Å². The summed E-state index contributed by atoms with van der Waals surface area (Å²) in [5, 5.41) is 0. The standard InChI is InChI=1S/C19H22N2O2/c1-12-6-13(2)17(14(3)7-12)9-19(23)21-5-4-15-8-18(22)20-10-16(15)11-21/h6-8,10H,4-5,9,11H2,1-3H3,(H,20,22). The van der Waals surface area contributed by atoms with Crippen LogP contribution in [0.25, 0.3) is 0 Å². The Kier molecular flexibility index (Phi) is 4.07. The van der Waals surface area contributed by atoms with E-state index in [0.717, 1.165) is 23.1 Å². The van der Waals surface area contributed by atoms with Gasteiger partial charge in [-0.2, -0.15) is 0 Å². The Morgan fingerprint density at radius 2 is 1.83 bits per heavy atom. The van der Waals surface area contributed by atoms with Crippen LogP contribution in [0.5, 0.6) is 0 Å². The number of carbonyl (C=O) groups is 1. The molecule has 4 heteroatoms. The molecular formula is C19H22N2O2. The van der Waals surface area contributed by atoms with E-state index in [1.807, 2.05) is 4.90 Å². The summed E-state index contributed by atoms with van der Waals surface area (Å²) < 4.78 is 0. The van der Waals surface area contributed by atoms with E-state index >= 15 is 0 Å². The van der Waals surface area contributed by atoms with Crippen LogP contribution < -0.4 is 5.56 Å². The quantitative estimate of drug-likeness (QED) is 0.926. The molecule has 2 heterocycles. The number of amides is 1. The second-order valence-electron chi connectivity index (χ2n) is 6.47. The molecule has 0 spiro atoms. The van der Waals surface area contributed by atoms with Gasteiger partial charge in [0.1, 0.15) is 0 Å². The molecule has 1 aromatic heterocycles. The molecule has 0 bridgehead atoms. The number of carbonyl (C=O) groups excluding carboxylic acids is 1. The lowest BCUT2D eigenvalue weighted by atomic mass is 9.96. The number of hydrogen-bond acceptors (Lipinski definition) is 2. The van der Waals surface area contributed by atoms with Gasteiger partial charge in [-0.3, -0.25) is 9.59 Å². The minimum Gasteiger partial charge on any atom is -0.338 e. The first kappa shape index (κ1) is 15.5. The summed E-state index contributed by atoms with van der Waals surface area (Å²) in [6.07, 6.45) is 2.92. The number of H-pyrrole nitrogens is 1. The summed E-state index contributed by atoms with van der Waals surface area (Å²) in [7, 11) is 0. The summed E-state index contributed by atoms with van der Waals surface area (Å²) in [6.45, 7) is 7.47. The van der Waals surface area contributed by atoms with E-state index in [0.29, 0.717) is 19.5 Å². The largest absolute Gasteiger partial charge is 0.338 e. The van der Waals surface area contributed by atoms with Crippen molar-refractivity contribution in [2.75, 3.05) is 6.54 Å². The van der Waals surface area contributed by atoms with Gasteiger partial charge >= 0.3 is 0 Å². The van der Waals surface area contributed by atoms with Gasteiger partial charge in [0.25, 0.3) is 0 Å². The van der Waals surface area contributed by atoms with Crippen LogP contribution >= 0.6 is 0 Å². The molecule has 1 N–H and O–H groups in total. The molecule has 0 saturated carbocycles. The van der Waals surface area contributed by atoms with Crippen LogP contribution in [-0.4, -0.2) is 22.3 Å². The Balaban J connectivity index is 1.78. The zero-order chi connectivity index (χ0) is 16.6. The molecule has 0 atom stereocenters. The van der Waals surface area contributed by atoms with Crippen LogP contribution in [0.3, 0.4) is 0 Å². The lowest BCUT2D eigenvalue weighted by Gasteiger charge is -2.29. The SMILES string of the molecule is Cc1cc(C)c(CC(=O)N2CCc3cc(=O)[nH]cc3C2)c(C)c1. The number of aryl methyl sites for hydroxylation is 3. The molecule has 0 saturated heterocycles. The first-order chi connectivity index (χ1) is 10.9. The van der Waals surface area contributed by atoms with Crippen molar-refractivity contribution in [3.63, 3.8) is 0 Å². The van der Waals surface area contributed by atoms with E-state index in [-0.39, 0.29) is 11.5 Å². The van der Waals surface area contributed by atoms with E-state index in [2.05, 4.69) is 37.9 Å². The summed E-state index contributed by atoms with van der Waals surface area (Å²) >= 11 is 0. The van der Waals surface area contributed by atoms with Crippen molar-refractivity contribution in [2.45, 2.75) is 40.2 Å². The van der Waals surface area contributed by atoms with E-state index < -0.39 is 0 Å². The van der Waals surface area contributed by atoms with Crippen LogP contribution in [0.1, 0.15) is 33.4 Å². The lowest BCUT2D eigenvalue weighted by molar-refractivity contribution is -0.131. The number of nitrogens with zero attached hydrogens (tertiary/aromatic N) is 1. The number of aromatic amines is 1. The Bertz CT molecular complexity index is 797. The van der Waals surface area contributed by atoms with Crippen molar-refractivity contribution in [1.29, 1.82) is 0 Å². The molecule has 3 rings (SSSR count). The number of benzene rings is 1. The zero-order valence-corrected chi connectivity index (χ0v) is 13.9. The van der Waals surface area contributed by atoms with E-state index in [4.69, 9.17) is 0 Å². The molecule has 0 aliphatic carbocycles. The van der Waals surface area contributed by atoms with E-state index in [1.165, 1.54) is 16.7 Å². The average Bonchev–Trinajstić information content (AvgIpc) is 2.50. The van der Waals surface area contributed by atoms with Gasteiger partial charge in [-0.05, 0) is 55.0 Å².